The van der Waals surface area contributed by atoms with E-state index in [1.54, 1.807) is 23.7 Å². The number of carbonyl (C=O) groups excluding carboxylic acids is 1. The first-order valence-electron chi connectivity index (χ1n) is 10.3. The lowest BCUT2D eigenvalue weighted by atomic mass is 10.1. The lowest BCUT2D eigenvalue weighted by molar-refractivity contribution is -0.110. The number of rotatable bonds is 9. The van der Waals surface area contributed by atoms with Crippen LogP contribution in [0.25, 0.3) is 0 Å². The Morgan fingerprint density at radius 2 is 1.90 bits per heavy atom. The van der Waals surface area contributed by atoms with Crippen LogP contribution < -0.4 is 5.32 Å². The molecule has 2 fully saturated rings. The van der Waals surface area contributed by atoms with Crippen molar-refractivity contribution in [3.05, 3.63) is 41.4 Å². The number of anilines is 1. The van der Waals surface area contributed by atoms with Crippen LogP contribution in [-0.4, -0.2) is 36.9 Å². The first kappa shape index (κ1) is 21.0. The van der Waals surface area contributed by atoms with Gasteiger partial charge >= 0.3 is 0 Å². The molecule has 1 heterocycles. The standard InChI is InChI=1S/C21H25N3O4S2/c25-20(23-21-22-12-14-29-21)19(24-28-13-11-15-3-1-2-4-15)16-5-7-17(8-6-16)30(26,27)18-9-10-18/h5-8,12,14-15,18H,1-4,9-11,13H2,(H,22,23,25)/b24-19+. The molecule has 0 unspecified atom stereocenters. The maximum atomic E-state index is 12.8. The van der Waals surface area contributed by atoms with E-state index in [1.165, 1.54) is 49.2 Å². The molecule has 0 aliphatic heterocycles. The SMILES string of the molecule is O=C(Nc1nccs1)/C(=N/OCCC1CCCC1)c1ccc(S(=O)(=O)C2CC2)cc1. The Hall–Kier alpha value is -2.26. The first-order valence-corrected chi connectivity index (χ1v) is 12.7. The van der Waals surface area contributed by atoms with E-state index in [1.807, 2.05) is 0 Å². The fourth-order valence-corrected chi connectivity index (χ4v) is 5.85. The van der Waals surface area contributed by atoms with Gasteiger partial charge in [0.05, 0.1) is 10.1 Å². The summed E-state index contributed by atoms with van der Waals surface area (Å²) in [6.45, 7) is 0.451. The molecule has 2 aliphatic carbocycles. The van der Waals surface area contributed by atoms with Crippen molar-refractivity contribution in [1.82, 2.24) is 4.98 Å². The van der Waals surface area contributed by atoms with Crippen molar-refractivity contribution in [2.24, 2.45) is 11.1 Å². The first-order chi connectivity index (χ1) is 14.5. The van der Waals surface area contributed by atoms with Gasteiger partial charge in [-0.25, -0.2) is 13.4 Å². The van der Waals surface area contributed by atoms with Crippen LogP contribution in [0, 0.1) is 5.92 Å². The molecular formula is C21H25N3O4S2. The van der Waals surface area contributed by atoms with Crippen molar-refractivity contribution in [1.29, 1.82) is 0 Å². The second kappa shape index (κ2) is 9.26. The van der Waals surface area contributed by atoms with Gasteiger partial charge in [0.25, 0.3) is 5.91 Å². The van der Waals surface area contributed by atoms with Crippen molar-refractivity contribution in [3.8, 4) is 0 Å². The largest absolute Gasteiger partial charge is 0.395 e. The number of hydrogen-bond acceptors (Lipinski definition) is 7. The summed E-state index contributed by atoms with van der Waals surface area (Å²) in [4.78, 5) is 22.6. The maximum absolute atomic E-state index is 12.8. The van der Waals surface area contributed by atoms with Crippen molar-refractivity contribution in [3.63, 3.8) is 0 Å². The molecule has 30 heavy (non-hydrogen) atoms. The number of hydrogen-bond donors (Lipinski definition) is 1. The number of thiazole rings is 1. The number of carbonyl (C=O) groups is 1. The average Bonchev–Trinajstić information content (AvgIpc) is 3.26. The topological polar surface area (TPSA) is 97.7 Å². The number of sulfone groups is 1. The lowest BCUT2D eigenvalue weighted by Crippen LogP contribution is -2.24. The minimum Gasteiger partial charge on any atom is -0.395 e. The van der Waals surface area contributed by atoms with Crippen LogP contribution in [0.2, 0.25) is 0 Å². The minimum atomic E-state index is -3.28. The number of nitrogens with one attached hydrogen (secondary N) is 1. The zero-order valence-electron chi connectivity index (χ0n) is 16.6. The van der Waals surface area contributed by atoms with Gasteiger partial charge in [-0.05, 0) is 37.3 Å². The van der Waals surface area contributed by atoms with Gasteiger partial charge in [0, 0.05) is 17.1 Å². The molecule has 1 aromatic heterocycles. The smallest absolute Gasteiger partial charge is 0.280 e. The van der Waals surface area contributed by atoms with E-state index in [-0.39, 0.29) is 15.9 Å². The Labute approximate surface area is 180 Å². The van der Waals surface area contributed by atoms with Crippen LogP contribution >= 0.6 is 11.3 Å². The van der Waals surface area contributed by atoms with E-state index < -0.39 is 15.7 Å². The number of nitrogens with zero attached hydrogens (tertiary/aromatic N) is 2. The minimum absolute atomic E-state index is 0.104. The summed E-state index contributed by atoms with van der Waals surface area (Å²) in [5.41, 5.74) is 0.603. The van der Waals surface area contributed by atoms with Crippen LogP contribution in [0.4, 0.5) is 5.13 Å². The fourth-order valence-electron chi connectivity index (χ4n) is 3.67. The summed E-state index contributed by atoms with van der Waals surface area (Å²) >= 11 is 1.31. The van der Waals surface area contributed by atoms with Gasteiger partial charge in [0.1, 0.15) is 6.61 Å². The highest BCUT2D eigenvalue weighted by molar-refractivity contribution is 7.92. The molecule has 9 heteroatoms. The van der Waals surface area contributed by atoms with E-state index in [0.29, 0.717) is 36.1 Å². The summed E-state index contributed by atoms with van der Waals surface area (Å²) < 4.78 is 24.8. The molecular weight excluding hydrogens is 422 g/mol. The molecule has 1 amide bonds. The van der Waals surface area contributed by atoms with Gasteiger partial charge in [-0.15, -0.1) is 11.3 Å². The van der Waals surface area contributed by atoms with Crippen molar-refractivity contribution in [2.45, 2.75) is 55.1 Å². The molecule has 4 rings (SSSR count). The molecule has 7 nitrogen and oxygen atoms in total. The molecule has 0 saturated heterocycles. The summed E-state index contributed by atoms with van der Waals surface area (Å²) in [7, 11) is -3.28. The van der Waals surface area contributed by atoms with Crippen molar-refractivity contribution >= 4 is 37.9 Å². The zero-order valence-corrected chi connectivity index (χ0v) is 18.3. The Balaban J connectivity index is 1.49. The Morgan fingerprint density at radius 3 is 2.53 bits per heavy atom. The van der Waals surface area contributed by atoms with E-state index in [0.717, 1.165) is 6.42 Å². The number of aromatic nitrogens is 1. The molecule has 1 N–H and O–H groups in total. The highest BCUT2D eigenvalue weighted by Gasteiger charge is 2.36. The van der Waals surface area contributed by atoms with E-state index in [2.05, 4.69) is 15.5 Å². The Kier molecular flexibility index (Phi) is 6.48. The van der Waals surface area contributed by atoms with Crippen LogP contribution in [0.1, 0.15) is 50.5 Å². The summed E-state index contributed by atoms with van der Waals surface area (Å²) in [6.07, 6.45) is 8.93. The average molecular weight is 448 g/mol. The van der Waals surface area contributed by atoms with Gasteiger partial charge in [-0.1, -0.05) is 43.0 Å². The molecule has 1 aromatic carbocycles. The van der Waals surface area contributed by atoms with E-state index >= 15 is 0 Å². The predicted octanol–water partition coefficient (Wildman–Crippen LogP) is 4.02. The Bertz CT molecular complexity index is 991. The number of oxime groups is 1. The van der Waals surface area contributed by atoms with Crippen molar-refractivity contribution in [2.75, 3.05) is 11.9 Å². The van der Waals surface area contributed by atoms with E-state index in [9.17, 15) is 13.2 Å². The van der Waals surface area contributed by atoms with Crippen LogP contribution in [0.3, 0.4) is 0 Å². The Morgan fingerprint density at radius 1 is 1.17 bits per heavy atom. The monoisotopic (exact) mass is 447 g/mol. The molecule has 160 valence electrons. The highest BCUT2D eigenvalue weighted by atomic mass is 32.2. The van der Waals surface area contributed by atoms with E-state index in [4.69, 9.17) is 4.84 Å². The van der Waals surface area contributed by atoms with Gasteiger partial charge in [0.2, 0.25) is 0 Å². The quantitative estimate of drug-likeness (QED) is 0.356. The van der Waals surface area contributed by atoms with Gasteiger partial charge in [0.15, 0.2) is 20.7 Å². The predicted molar refractivity (Wildman–Crippen MR) is 116 cm³/mol. The molecule has 0 bridgehead atoms. The summed E-state index contributed by atoms with van der Waals surface area (Å²) in [5, 5.41) is 8.78. The van der Waals surface area contributed by atoms with Gasteiger partial charge < -0.3 is 4.84 Å². The number of benzene rings is 1. The second-order valence-electron chi connectivity index (χ2n) is 7.77. The highest BCUT2D eigenvalue weighted by Crippen LogP contribution is 2.33. The molecule has 0 radical (unpaired) electrons. The van der Waals surface area contributed by atoms with Crippen LogP contribution in [0.5, 0.6) is 0 Å². The summed E-state index contributed by atoms with van der Waals surface area (Å²) in [5.74, 6) is 0.225. The summed E-state index contributed by atoms with van der Waals surface area (Å²) in [6, 6.07) is 6.28. The molecule has 0 spiro atoms. The van der Waals surface area contributed by atoms with Gasteiger partial charge in [-0.3, -0.25) is 10.1 Å². The third kappa shape index (κ3) is 5.07. The molecule has 0 atom stereocenters. The molecule has 2 saturated carbocycles. The maximum Gasteiger partial charge on any atom is 0.280 e. The molecule has 2 aromatic rings. The normalized spacial score (nSPS) is 17.8. The lowest BCUT2D eigenvalue weighted by Gasteiger charge is -2.10. The van der Waals surface area contributed by atoms with Crippen molar-refractivity contribution < 1.29 is 18.0 Å². The van der Waals surface area contributed by atoms with Gasteiger partial charge in [-0.2, -0.15) is 0 Å². The third-order valence-electron chi connectivity index (χ3n) is 5.54. The number of amides is 1. The zero-order chi connectivity index (χ0) is 21.0. The van der Waals surface area contributed by atoms with Crippen LogP contribution in [-0.2, 0) is 19.5 Å². The van der Waals surface area contributed by atoms with Crippen LogP contribution in [0.15, 0.2) is 45.9 Å². The second-order valence-corrected chi connectivity index (χ2v) is 10.9. The molecule has 2 aliphatic rings. The third-order valence-corrected chi connectivity index (χ3v) is 8.50. The fraction of sp³-hybridized carbons (Fsp3) is 0.476.